The predicted octanol–water partition coefficient (Wildman–Crippen LogP) is 1.63. The maximum absolute atomic E-state index is 12.1. The van der Waals surface area contributed by atoms with Crippen LogP contribution in [0.2, 0.25) is 0 Å². The van der Waals surface area contributed by atoms with E-state index in [0.717, 1.165) is 45.4 Å². The van der Waals surface area contributed by atoms with Crippen LogP contribution in [0.25, 0.3) is 0 Å². The van der Waals surface area contributed by atoms with Crippen molar-refractivity contribution in [1.29, 1.82) is 0 Å². The Labute approximate surface area is 129 Å². The van der Waals surface area contributed by atoms with Crippen molar-refractivity contribution in [2.24, 2.45) is 0 Å². The van der Waals surface area contributed by atoms with Crippen molar-refractivity contribution in [2.75, 3.05) is 33.2 Å². The molecular formula is C16H31N3O2. The number of carbonyl (C=O) groups excluding carboxylic acids is 2. The second-order valence-corrected chi connectivity index (χ2v) is 5.89. The Morgan fingerprint density at radius 2 is 1.71 bits per heavy atom. The molecule has 0 aliphatic carbocycles. The third-order valence-electron chi connectivity index (χ3n) is 4.10. The smallest absolute Gasteiger partial charge is 0.222 e. The molecular weight excluding hydrogens is 266 g/mol. The third-order valence-corrected chi connectivity index (χ3v) is 4.10. The van der Waals surface area contributed by atoms with Gasteiger partial charge in [-0.15, -0.1) is 0 Å². The minimum Gasteiger partial charge on any atom is -0.343 e. The summed E-state index contributed by atoms with van der Waals surface area (Å²) in [5, 5.41) is 3.27. The largest absolute Gasteiger partial charge is 0.343 e. The van der Waals surface area contributed by atoms with Crippen LogP contribution in [0.3, 0.4) is 0 Å². The molecule has 1 aliphatic rings. The molecule has 122 valence electrons. The molecule has 0 bridgehead atoms. The molecule has 5 heteroatoms. The van der Waals surface area contributed by atoms with Gasteiger partial charge in [0.25, 0.3) is 0 Å². The van der Waals surface area contributed by atoms with Crippen LogP contribution in [0.15, 0.2) is 0 Å². The fourth-order valence-electron chi connectivity index (χ4n) is 2.80. The molecule has 1 aliphatic heterocycles. The van der Waals surface area contributed by atoms with E-state index in [-0.39, 0.29) is 11.8 Å². The monoisotopic (exact) mass is 297 g/mol. The Hall–Kier alpha value is -1.10. The molecule has 1 heterocycles. The van der Waals surface area contributed by atoms with E-state index >= 15 is 0 Å². The number of hydrogen-bond acceptors (Lipinski definition) is 3. The molecule has 21 heavy (non-hydrogen) atoms. The van der Waals surface area contributed by atoms with Gasteiger partial charge in [0.05, 0.1) is 0 Å². The Bertz CT molecular complexity index is 307. The summed E-state index contributed by atoms with van der Waals surface area (Å²) >= 11 is 0. The van der Waals surface area contributed by atoms with Crippen LogP contribution in [0.4, 0.5) is 0 Å². The lowest BCUT2D eigenvalue weighted by atomic mass is 10.1. The number of hydrogen-bond donors (Lipinski definition) is 1. The zero-order chi connectivity index (χ0) is 15.7. The molecule has 1 N–H and O–H groups in total. The summed E-state index contributed by atoms with van der Waals surface area (Å²) in [6, 6.07) is 0.324. The van der Waals surface area contributed by atoms with Crippen molar-refractivity contribution in [3.63, 3.8) is 0 Å². The Morgan fingerprint density at radius 3 is 2.24 bits per heavy atom. The molecule has 0 saturated carbocycles. The van der Waals surface area contributed by atoms with Crippen molar-refractivity contribution < 1.29 is 9.59 Å². The van der Waals surface area contributed by atoms with Gasteiger partial charge in [-0.1, -0.05) is 13.8 Å². The van der Waals surface area contributed by atoms with E-state index in [1.165, 1.54) is 0 Å². The molecule has 2 amide bonds. The van der Waals surface area contributed by atoms with Crippen LogP contribution in [-0.2, 0) is 9.59 Å². The minimum absolute atomic E-state index is 0.161. The molecule has 1 rings (SSSR count). The van der Waals surface area contributed by atoms with Crippen molar-refractivity contribution in [1.82, 2.24) is 15.1 Å². The topological polar surface area (TPSA) is 52.7 Å². The van der Waals surface area contributed by atoms with Gasteiger partial charge in [-0.2, -0.15) is 0 Å². The molecule has 1 fully saturated rings. The normalized spacial score (nSPS) is 17.8. The Kier molecular flexibility index (Phi) is 8.35. The lowest BCUT2D eigenvalue weighted by molar-refractivity contribution is -0.133. The van der Waals surface area contributed by atoms with E-state index in [1.54, 1.807) is 0 Å². The number of nitrogens with zero attached hydrogens (tertiary/aromatic N) is 2. The van der Waals surface area contributed by atoms with E-state index in [4.69, 9.17) is 0 Å². The van der Waals surface area contributed by atoms with Gasteiger partial charge >= 0.3 is 0 Å². The van der Waals surface area contributed by atoms with E-state index in [2.05, 4.69) is 19.2 Å². The average molecular weight is 297 g/mol. The highest BCUT2D eigenvalue weighted by Crippen LogP contribution is 2.10. The van der Waals surface area contributed by atoms with Gasteiger partial charge in [-0.25, -0.2) is 0 Å². The van der Waals surface area contributed by atoms with E-state index < -0.39 is 0 Å². The average Bonchev–Trinajstić information content (AvgIpc) is 3.00. The highest BCUT2D eigenvalue weighted by atomic mass is 16.2. The highest BCUT2D eigenvalue weighted by Gasteiger charge is 2.23. The number of carbonyl (C=O) groups is 2. The van der Waals surface area contributed by atoms with Gasteiger partial charge in [0.1, 0.15) is 0 Å². The molecule has 0 radical (unpaired) electrons. The summed E-state index contributed by atoms with van der Waals surface area (Å²) in [6.07, 6.45) is 4.63. The molecule has 1 unspecified atom stereocenters. The highest BCUT2D eigenvalue weighted by molar-refractivity contribution is 5.79. The summed E-state index contributed by atoms with van der Waals surface area (Å²) < 4.78 is 0. The number of likely N-dealkylation sites (N-methyl/N-ethyl adjacent to an activating group) is 1. The first-order valence-corrected chi connectivity index (χ1v) is 8.34. The maximum Gasteiger partial charge on any atom is 0.222 e. The molecule has 0 aromatic carbocycles. The number of amides is 2. The van der Waals surface area contributed by atoms with Crippen LogP contribution >= 0.6 is 0 Å². The van der Waals surface area contributed by atoms with Crippen LogP contribution < -0.4 is 5.32 Å². The molecule has 0 aromatic rings. The van der Waals surface area contributed by atoms with E-state index in [9.17, 15) is 9.59 Å². The SMILES string of the molecule is CCCN(CCC)C(=O)CCCC(=O)N(C)C1CCNC1. The van der Waals surface area contributed by atoms with Gasteiger partial charge in [0.2, 0.25) is 11.8 Å². The quantitative estimate of drug-likeness (QED) is 0.704. The molecule has 0 aromatic heterocycles. The lowest BCUT2D eigenvalue weighted by Gasteiger charge is -2.24. The molecule has 0 spiro atoms. The third kappa shape index (κ3) is 6.04. The fourth-order valence-corrected chi connectivity index (χ4v) is 2.80. The van der Waals surface area contributed by atoms with Crippen molar-refractivity contribution >= 4 is 11.8 Å². The first kappa shape index (κ1) is 18.0. The van der Waals surface area contributed by atoms with Gasteiger partial charge in [-0.05, 0) is 32.2 Å². The second-order valence-electron chi connectivity index (χ2n) is 5.89. The number of nitrogens with one attached hydrogen (secondary N) is 1. The predicted molar refractivity (Wildman–Crippen MR) is 85.1 cm³/mol. The van der Waals surface area contributed by atoms with Gasteiger partial charge in [-0.3, -0.25) is 9.59 Å². The van der Waals surface area contributed by atoms with Gasteiger partial charge in [0, 0.05) is 45.6 Å². The number of rotatable bonds is 9. The van der Waals surface area contributed by atoms with Crippen molar-refractivity contribution in [3.8, 4) is 0 Å². The molecule has 1 atom stereocenters. The summed E-state index contributed by atoms with van der Waals surface area (Å²) in [5.74, 6) is 0.353. The summed E-state index contributed by atoms with van der Waals surface area (Å²) in [6.45, 7) is 7.71. The summed E-state index contributed by atoms with van der Waals surface area (Å²) in [4.78, 5) is 28.0. The summed E-state index contributed by atoms with van der Waals surface area (Å²) in [5.41, 5.74) is 0. The van der Waals surface area contributed by atoms with Crippen LogP contribution in [-0.4, -0.2) is 60.9 Å². The zero-order valence-corrected chi connectivity index (χ0v) is 13.9. The van der Waals surface area contributed by atoms with Gasteiger partial charge in [0.15, 0.2) is 0 Å². The molecule has 5 nitrogen and oxygen atoms in total. The summed E-state index contributed by atoms with van der Waals surface area (Å²) in [7, 11) is 1.88. The Morgan fingerprint density at radius 1 is 1.10 bits per heavy atom. The van der Waals surface area contributed by atoms with Gasteiger partial charge < -0.3 is 15.1 Å². The fraction of sp³-hybridized carbons (Fsp3) is 0.875. The van der Waals surface area contributed by atoms with E-state index in [1.807, 2.05) is 16.8 Å². The van der Waals surface area contributed by atoms with Crippen molar-refractivity contribution in [3.05, 3.63) is 0 Å². The minimum atomic E-state index is 0.161. The van der Waals surface area contributed by atoms with E-state index in [0.29, 0.717) is 25.3 Å². The maximum atomic E-state index is 12.1. The first-order valence-electron chi connectivity index (χ1n) is 8.34. The van der Waals surface area contributed by atoms with Crippen LogP contribution in [0.1, 0.15) is 52.4 Å². The zero-order valence-electron chi connectivity index (χ0n) is 13.9. The van der Waals surface area contributed by atoms with Crippen LogP contribution in [0, 0.1) is 0 Å². The second kappa shape index (κ2) is 9.77. The standard InChI is InChI=1S/C16H31N3O2/c1-4-11-19(12-5-2)16(21)8-6-7-15(20)18(3)14-9-10-17-13-14/h14,17H,4-13H2,1-3H3. The van der Waals surface area contributed by atoms with Crippen molar-refractivity contribution in [2.45, 2.75) is 58.4 Å². The molecule has 1 saturated heterocycles. The first-order chi connectivity index (χ1) is 10.1. The lowest BCUT2D eigenvalue weighted by Crippen LogP contribution is -2.38. The van der Waals surface area contributed by atoms with Crippen LogP contribution in [0.5, 0.6) is 0 Å². The Balaban J connectivity index is 2.27.